The number of fused-ring (bicyclic) bond motifs is 1. The van der Waals surface area contributed by atoms with E-state index in [1.807, 2.05) is 13.8 Å². The fraction of sp³-hybridized carbons (Fsp3) is 1.00. The molecule has 0 N–H and O–H groups in total. The summed E-state index contributed by atoms with van der Waals surface area (Å²) in [5, 5.41) is 0. The van der Waals surface area contributed by atoms with Gasteiger partial charge in [0.25, 0.3) is 10.2 Å². The van der Waals surface area contributed by atoms with Crippen molar-refractivity contribution in [2.24, 2.45) is 0 Å². The van der Waals surface area contributed by atoms with Gasteiger partial charge in [-0.15, -0.1) is 0 Å². The summed E-state index contributed by atoms with van der Waals surface area (Å²) in [6.07, 6.45) is 4.30. The van der Waals surface area contributed by atoms with Crippen molar-refractivity contribution in [3.05, 3.63) is 0 Å². The number of rotatable bonds is 4. The predicted octanol–water partition coefficient (Wildman–Crippen LogP) is 1.22. The van der Waals surface area contributed by atoms with Crippen LogP contribution >= 0.6 is 0 Å². The topological polar surface area (TPSA) is 49.9 Å². The highest BCUT2D eigenvalue weighted by molar-refractivity contribution is 7.86. The molecule has 5 nitrogen and oxygen atoms in total. The van der Waals surface area contributed by atoms with E-state index in [4.69, 9.17) is 4.74 Å². The fourth-order valence-electron chi connectivity index (χ4n) is 3.05. The van der Waals surface area contributed by atoms with Crippen LogP contribution in [0.5, 0.6) is 0 Å². The molecule has 0 unspecified atom stereocenters. The van der Waals surface area contributed by atoms with Gasteiger partial charge in [-0.1, -0.05) is 26.7 Å². The minimum absolute atomic E-state index is 0.0538. The van der Waals surface area contributed by atoms with E-state index in [2.05, 4.69) is 0 Å². The molecule has 6 heteroatoms. The first-order chi connectivity index (χ1) is 8.61. The molecular formula is C12H24N2O3S. The van der Waals surface area contributed by atoms with Crippen LogP contribution < -0.4 is 0 Å². The lowest BCUT2D eigenvalue weighted by atomic mass is 9.91. The molecule has 2 fully saturated rings. The van der Waals surface area contributed by atoms with Crippen molar-refractivity contribution < 1.29 is 13.2 Å². The normalized spacial score (nSPS) is 30.4. The first-order valence-electron chi connectivity index (χ1n) is 6.99. The smallest absolute Gasteiger partial charge is 0.282 e. The number of morpholine rings is 1. The van der Waals surface area contributed by atoms with Crippen molar-refractivity contribution >= 4 is 10.2 Å². The van der Waals surface area contributed by atoms with Crippen molar-refractivity contribution in [3.8, 4) is 0 Å². The summed E-state index contributed by atoms with van der Waals surface area (Å²) < 4.78 is 34.2. The largest absolute Gasteiger partial charge is 0.375 e. The van der Waals surface area contributed by atoms with Gasteiger partial charge in [-0.2, -0.15) is 17.0 Å². The van der Waals surface area contributed by atoms with Crippen LogP contribution in [-0.2, 0) is 14.9 Å². The van der Waals surface area contributed by atoms with E-state index in [1.165, 1.54) is 0 Å². The quantitative estimate of drug-likeness (QED) is 0.775. The molecular weight excluding hydrogens is 252 g/mol. The third-order valence-electron chi connectivity index (χ3n) is 4.01. The number of nitrogens with zero attached hydrogens (tertiary/aromatic N) is 2. The van der Waals surface area contributed by atoms with Gasteiger partial charge in [0.15, 0.2) is 0 Å². The fourth-order valence-corrected chi connectivity index (χ4v) is 4.88. The second-order valence-corrected chi connectivity index (χ2v) is 6.84. The maximum absolute atomic E-state index is 12.6. The highest BCUT2D eigenvalue weighted by atomic mass is 32.2. The minimum atomic E-state index is -3.31. The van der Waals surface area contributed by atoms with Crippen LogP contribution in [0.2, 0.25) is 0 Å². The molecule has 106 valence electrons. The van der Waals surface area contributed by atoms with E-state index >= 15 is 0 Å². The van der Waals surface area contributed by atoms with Gasteiger partial charge in [0.2, 0.25) is 0 Å². The Kier molecular flexibility index (Phi) is 4.64. The molecule has 2 aliphatic rings. The Morgan fingerprint density at radius 2 is 1.89 bits per heavy atom. The van der Waals surface area contributed by atoms with Crippen LogP contribution in [0.15, 0.2) is 0 Å². The maximum atomic E-state index is 12.6. The number of hydrogen-bond acceptors (Lipinski definition) is 3. The maximum Gasteiger partial charge on any atom is 0.282 e. The van der Waals surface area contributed by atoms with Gasteiger partial charge in [-0.25, -0.2) is 0 Å². The molecule has 18 heavy (non-hydrogen) atoms. The summed E-state index contributed by atoms with van der Waals surface area (Å²) in [7, 11) is -3.31. The SMILES string of the molecule is CCN(CC)S(=O)(=O)N1CCO[C@@H]2CCCC[C@@H]21. The summed E-state index contributed by atoms with van der Waals surface area (Å²) in [5.74, 6) is 0. The summed E-state index contributed by atoms with van der Waals surface area (Å²) in [6.45, 7) is 5.88. The summed E-state index contributed by atoms with van der Waals surface area (Å²) in [4.78, 5) is 0. The summed E-state index contributed by atoms with van der Waals surface area (Å²) in [6, 6.07) is 0.0538. The van der Waals surface area contributed by atoms with E-state index in [1.54, 1.807) is 8.61 Å². The van der Waals surface area contributed by atoms with Gasteiger partial charge in [-0.05, 0) is 12.8 Å². The van der Waals surface area contributed by atoms with Crippen LogP contribution in [0.3, 0.4) is 0 Å². The Labute approximate surface area is 110 Å². The molecule has 1 aliphatic heterocycles. The number of ether oxygens (including phenoxy) is 1. The van der Waals surface area contributed by atoms with Crippen molar-refractivity contribution in [3.63, 3.8) is 0 Å². The third kappa shape index (κ3) is 2.57. The molecule has 0 aromatic heterocycles. The van der Waals surface area contributed by atoms with Crippen LogP contribution in [-0.4, -0.2) is 55.4 Å². The van der Waals surface area contributed by atoms with Gasteiger partial charge in [-0.3, -0.25) is 0 Å². The monoisotopic (exact) mass is 276 g/mol. The van der Waals surface area contributed by atoms with Gasteiger partial charge in [0, 0.05) is 19.6 Å². The predicted molar refractivity (Wildman–Crippen MR) is 70.5 cm³/mol. The van der Waals surface area contributed by atoms with Crippen molar-refractivity contribution in [1.29, 1.82) is 0 Å². The highest BCUT2D eigenvalue weighted by Gasteiger charge is 2.41. The summed E-state index contributed by atoms with van der Waals surface area (Å²) in [5.41, 5.74) is 0. The number of hydrogen-bond donors (Lipinski definition) is 0. The molecule has 2 rings (SSSR count). The average Bonchev–Trinajstić information content (AvgIpc) is 2.39. The van der Waals surface area contributed by atoms with Gasteiger partial charge in [0.05, 0.1) is 18.8 Å². The van der Waals surface area contributed by atoms with E-state index in [9.17, 15) is 8.42 Å². The lowest BCUT2D eigenvalue weighted by molar-refractivity contribution is -0.0601. The average molecular weight is 276 g/mol. The lowest BCUT2D eigenvalue weighted by Gasteiger charge is -2.44. The zero-order chi connectivity index (χ0) is 13.2. The van der Waals surface area contributed by atoms with Crippen LogP contribution in [0.1, 0.15) is 39.5 Å². The highest BCUT2D eigenvalue weighted by Crippen LogP contribution is 2.30. The second kappa shape index (κ2) is 5.86. The van der Waals surface area contributed by atoms with E-state index in [0.717, 1.165) is 25.7 Å². The molecule has 0 aromatic carbocycles. The van der Waals surface area contributed by atoms with Gasteiger partial charge >= 0.3 is 0 Å². The molecule has 1 saturated carbocycles. The molecule has 0 radical (unpaired) electrons. The van der Waals surface area contributed by atoms with Crippen LogP contribution in [0, 0.1) is 0 Å². The molecule has 0 aromatic rings. The van der Waals surface area contributed by atoms with E-state index in [0.29, 0.717) is 26.2 Å². The van der Waals surface area contributed by atoms with Crippen LogP contribution in [0.25, 0.3) is 0 Å². The first kappa shape index (κ1) is 14.2. The Hall–Kier alpha value is -0.170. The third-order valence-corrected chi connectivity index (χ3v) is 6.22. The Morgan fingerprint density at radius 3 is 2.56 bits per heavy atom. The van der Waals surface area contributed by atoms with Crippen LogP contribution in [0.4, 0.5) is 0 Å². The molecule has 2 atom stereocenters. The molecule has 0 bridgehead atoms. The first-order valence-corrected chi connectivity index (χ1v) is 8.39. The zero-order valence-electron chi connectivity index (χ0n) is 11.3. The zero-order valence-corrected chi connectivity index (χ0v) is 12.2. The molecule has 0 spiro atoms. The molecule has 0 amide bonds. The van der Waals surface area contributed by atoms with Gasteiger partial charge in [0.1, 0.15) is 0 Å². The molecule has 1 aliphatic carbocycles. The lowest BCUT2D eigenvalue weighted by Crippen LogP contribution is -2.58. The molecule has 1 heterocycles. The van der Waals surface area contributed by atoms with E-state index in [-0.39, 0.29) is 12.1 Å². The second-order valence-electron chi connectivity index (χ2n) is 4.96. The Morgan fingerprint density at radius 1 is 1.22 bits per heavy atom. The summed E-state index contributed by atoms with van der Waals surface area (Å²) >= 11 is 0. The van der Waals surface area contributed by atoms with Gasteiger partial charge < -0.3 is 4.74 Å². The standard InChI is InChI=1S/C12H24N2O3S/c1-3-13(4-2)18(15,16)14-9-10-17-12-8-6-5-7-11(12)14/h11-12H,3-10H2,1-2H3/t11-,12+/m0/s1. The van der Waals surface area contributed by atoms with Crippen molar-refractivity contribution in [2.45, 2.75) is 51.7 Å². The molecule has 1 saturated heterocycles. The Balaban J connectivity index is 2.19. The minimum Gasteiger partial charge on any atom is -0.375 e. The van der Waals surface area contributed by atoms with Crippen molar-refractivity contribution in [1.82, 2.24) is 8.61 Å². The van der Waals surface area contributed by atoms with Crippen molar-refractivity contribution in [2.75, 3.05) is 26.2 Å². The van der Waals surface area contributed by atoms with E-state index < -0.39 is 10.2 Å². The Bertz CT molecular complexity index is 366.